The van der Waals surface area contributed by atoms with Gasteiger partial charge in [-0.05, 0) is 51.9 Å². The molecule has 0 aromatic heterocycles. The Morgan fingerprint density at radius 2 is 1.82 bits per heavy atom. The third kappa shape index (κ3) is 2.83. The van der Waals surface area contributed by atoms with E-state index >= 15 is 0 Å². The molecule has 3 nitrogen and oxygen atoms in total. The number of nitrogens with one attached hydrogen (secondary N) is 1. The lowest BCUT2D eigenvalue weighted by Gasteiger charge is -2.45. The number of hydrogen-bond acceptors (Lipinski definition) is 3. The van der Waals surface area contributed by atoms with E-state index in [0.29, 0.717) is 12.1 Å². The first-order chi connectivity index (χ1) is 8.06. The van der Waals surface area contributed by atoms with Gasteiger partial charge in [0, 0.05) is 24.2 Å². The molecule has 0 amide bonds. The van der Waals surface area contributed by atoms with Crippen LogP contribution in [0.4, 0.5) is 0 Å². The number of piperidine rings is 1. The van der Waals surface area contributed by atoms with Crippen molar-refractivity contribution in [1.82, 2.24) is 10.4 Å². The molecular formula is C14H29N3. The van der Waals surface area contributed by atoms with E-state index in [9.17, 15) is 0 Å². The van der Waals surface area contributed by atoms with Crippen molar-refractivity contribution in [3.8, 4) is 0 Å². The van der Waals surface area contributed by atoms with Crippen LogP contribution in [0.25, 0.3) is 0 Å². The molecule has 0 aromatic rings. The molecule has 100 valence electrons. The summed E-state index contributed by atoms with van der Waals surface area (Å²) in [6, 6.07) is 1.30. The number of rotatable bonds is 3. The Balaban J connectivity index is 2.02. The number of hydrazine groups is 1. The summed E-state index contributed by atoms with van der Waals surface area (Å²) in [7, 11) is 0. The van der Waals surface area contributed by atoms with E-state index in [1.807, 2.05) is 0 Å². The summed E-state index contributed by atoms with van der Waals surface area (Å²) in [6.45, 7) is 7.80. The summed E-state index contributed by atoms with van der Waals surface area (Å²) < 4.78 is 0. The fourth-order valence-electron chi connectivity index (χ4n) is 3.64. The Morgan fingerprint density at radius 3 is 2.29 bits per heavy atom. The molecule has 2 aliphatic rings. The lowest BCUT2D eigenvalue weighted by Crippen LogP contribution is -2.62. The topological polar surface area (TPSA) is 41.3 Å². The third-order valence-electron chi connectivity index (χ3n) is 4.81. The molecule has 1 heterocycles. The first kappa shape index (κ1) is 13.3. The van der Waals surface area contributed by atoms with Crippen molar-refractivity contribution in [1.29, 1.82) is 0 Å². The average molecular weight is 239 g/mol. The zero-order chi connectivity index (χ0) is 12.5. The normalized spacial score (nSPS) is 44.1. The highest BCUT2D eigenvalue weighted by Gasteiger charge is 2.39. The summed E-state index contributed by atoms with van der Waals surface area (Å²) in [6.07, 6.45) is 7.79. The van der Waals surface area contributed by atoms with E-state index in [2.05, 4.69) is 31.2 Å². The lowest BCUT2D eigenvalue weighted by atomic mass is 9.95. The Labute approximate surface area is 106 Å². The second kappa shape index (κ2) is 5.25. The van der Waals surface area contributed by atoms with Crippen LogP contribution >= 0.6 is 0 Å². The van der Waals surface area contributed by atoms with Gasteiger partial charge in [-0.25, -0.2) is 10.4 Å². The molecule has 0 spiro atoms. The van der Waals surface area contributed by atoms with Crippen LogP contribution in [0.15, 0.2) is 0 Å². The quantitative estimate of drug-likeness (QED) is 0.794. The fraction of sp³-hybridized carbons (Fsp3) is 1.00. The van der Waals surface area contributed by atoms with Crippen LogP contribution in [0.3, 0.4) is 0 Å². The summed E-state index contributed by atoms with van der Waals surface area (Å²) >= 11 is 0. The molecule has 1 aliphatic carbocycles. The van der Waals surface area contributed by atoms with E-state index in [4.69, 9.17) is 5.73 Å². The van der Waals surface area contributed by atoms with Gasteiger partial charge >= 0.3 is 0 Å². The SMILES string of the molecule is CC1CCC(CN)(NN2C(C)CCCC2C)C1. The first-order valence-corrected chi connectivity index (χ1v) is 7.32. The van der Waals surface area contributed by atoms with Gasteiger partial charge < -0.3 is 5.73 Å². The highest BCUT2D eigenvalue weighted by molar-refractivity contribution is 4.96. The molecule has 0 bridgehead atoms. The fourth-order valence-corrected chi connectivity index (χ4v) is 3.64. The molecule has 0 radical (unpaired) electrons. The Morgan fingerprint density at radius 1 is 1.18 bits per heavy atom. The van der Waals surface area contributed by atoms with Gasteiger partial charge in [0.1, 0.15) is 0 Å². The van der Waals surface area contributed by atoms with Crippen LogP contribution in [-0.4, -0.2) is 29.2 Å². The van der Waals surface area contributed by atoms with Crippen molar-refractivity contribution in [2.75, 3.05) is 6.54 Å². The van der Waals surface area contributed by atoms with E-state index < -0.39 is 0 Å². The largest absolute Gasteiger partial charge is 0.329 e. The average Bonchev–Trinajstić information content (AvgIpc) is 2.67. The van der Waals surface area contributed by atoms with Gasteiger partial charge in [0.15, 0.2) is 0 Å². The van der Waals surface area contributed by atoms with Gasteiger partial charge in [-0.15, -0.1) is 0 Å². The Kier molecular flexibility index (Phi) is 4.11. The highest BCUT2D eigenvalue weighted by atomic mass is 15.6. The van der Waals surface area contributed by atoms with Gasteiger partial charge in [0.05, 0.1) is 0 Å². The molecular weight excluding hydrogens is 210 g/mol. The molecule has 17 heavy (non-hydrogen) atoms. The molecule has 2 rings (SSSR count). The van der Waals surface area contributed by atoms with Crippen molar-refractivity contribution in [3.05, 3.63) is 0 Å². The van der Waals surface area contributed by atoms with E-state index in [1.165, 1.54) is 38.5 Å². The highest BCUT2D eigenvalue weighted by Crippen LogP contribution is 2.35. The maximum Gasteiger partial charge on any atom is 0.0450 e. The van der Waals surface area contributed by atoms with Gasteiger partial charge in [-0.2, -0.15) is 0 Å². The summed E-state index contributed by atoms with van der Waals surface area (Å²) in [5, 5.41) is 2.49. The number of hydrogen-bond donors (Lipinski definition) is 2. The maximum absolute atomic E-state index is 6.05. The molecule has 1 saturated carbocycles. The summed E-state index contributed by atoms with van der Waals surface area (Å²) in [4.78, 5) is 0. The minimum absolute atomic E-state index is 0.180. The molecule has 1 saturated heterocycles. The van der Waals surface area contributed by atoms with Crippen LogP contribution in [0.5, 0.6) is 0 Å². The first-order valence-electron chi connectivity index (χ1n) is 7.32. The van der Waals surface area contributed by atoms with Crippen molar-refractivity contribution >= 4 is 0 Å². The van der Waals surface area contributed by atoms with E-state index in [1.54, 1.807) is 0 Å². The molecule has 0 aromatic carbocycles. The summed E-state index contributed by atoms with van der Waals surface area (Å²) in [5.74, 6) is 0.821. The Hall–Kier alpha value is -0.120. The minimum atomic E-state index is 0.180. The van der Waals surface area contributed by atoms with Crippen LogP contribution in [-0.2, 0) is 0 Å². The maximum atomic E-state index is 6.05. The van der Waals surface area contributed by atoms with E-state index in [-0.39, 0.29) is 5.54 Å². The second-order valence-corrected chi connectivity index (χ2v) is 6.48. The smallest absolute Gasteiger partial charge is 0.0450 e. The predicted octanol–water partition coefficient (Wildman–Crippen LogP) is 2.27. The van der Waals surface area contributed by atoms with Crippen LogP contribution < -0.4 is 11.2 Å². The molecule has 4 atom stereocenters. The van der Waals surface area contributed by atoms with Gasteiger partial charge in [-0.1, -0.05) is 13.3 Å². The standard InChI is InChI=1S/C14H29N3/c1-11-7-8-14(9-11,10-15)16-17-12(2)5-4-6-13(17)3/h11-13,16H,4-10,15H2,1-3H3. The van der Waals surface area contributed by atoms with Crippen LogP contribution in [0, 0.1) is 5.92 Å². The van der Waals surface area contributed by atoms with Gasteiger partial charge in [0.2, 0.25) is 0 Å². The second-order valence-electron chi connectivity index (χ2n) is 6.48. The van der Waals surface area contributed by atoms with Crippen molar-refractivity contribution in [2.45, 2.75) is 76.9 Å². The predicted molar refractivity (Wildman–Crippen MR) is 72.6 cm³/mol. The lowest BCUT2D eigenvalue weighted by molar-refractivity contribution is 0.00249. The molecule has 3 N–H and O–H groups in total. The monoisotopic (exact) mass is 239 g/mol. The third-order valence-corrected chi connectivity index (χ3v) is 4.81. The van der Waals surface area contributed by atoms with Crippen molar-refractivity contribution in [2.24, 2.45) is 11.7 Å². The number of nitrogens with two attached hydrogens (primary N) is 1. The number of nitrogens with zero attached hydrogens (tertiary/aromatic N) is 1. The molecule has 2 fully saturated rings. The zero-order valence-electron chi connectivity index (χ0n) is 11.7. The molecule has 1 aliphatic heterocycles. The Bertz CT molecular complexity index is 246. The van der Waals surface area contributed by atoms with Gasteiger partial charge in [0.25, 0.3) is 0 Å². The zero-order valence-corrected chi connectivity index (χ0v) is 11.7. The summed E-state index contributed by atoms with van der Waals surface area (Å²) in [5.41, 5.74) is 10.0. The molecule has 3 heteroatoms. The van der Waals surface area contributed by atoms with Crippen molar-refractivity contribution in [3.63, 3.8) is 0 Å². The van der Waals surface area contributed by atoms with E-state index in [0.717, 1.165) is 12.5 Å². The van der Waals surface area contributed by atoms with Crippen LogP contribution in [0.1, 0.15) is 59.3 Å². The minimum Gasteiger partial charge on any atom is -0.329 e. The van der Waals surface area contributed by atoms with Crippen LogP contribution in [0.2, 0.25) is 0 Å². The van der Waals surface area contributed by atoms with Crippen molar-refractivity contribution < 1.29 is 0 Å². The molecule has 4 unspecified atom stereocenters. The van der Waals surface area contributed by atoms with Gasteiger partial charge in [-0.3, -0.25) is 0 Å².